The Morgan fingerprint density at radius 3 is 2.22 bits per heavy atom. The highest BCUT2D eigenvalue weighted by atomic mass is 16.5. The molecular formula is C16H25NO. The van der Waals surface area contributed by atoms with E-state index in [9.17, 15) is 0 Å². The Morgan fingerprint density at radius 1 is 1.17 bits per heavy atom. The van der Waals surface area contributed by atoms with E-state index in [0.717, 1.165) is 18.3 Å². The molecule has 18 heavy (non-hydrogen) atoms. The molecule has 1 aliphatic carbocycles. The standard InChI is InChI=1S/C16H25NO/c1-4-16(5-2,12-17-14-8-9-14)13-6-10-15(18-3)11-7-13/h6-7,10-11,14,17H,4-5,8-9,12H2,1-3H3. The second kappa shape index (κ2) is 5.75. The summed E-state index contributed by atoms with van der Waals surface area (Å²) >= 11 is 0. The van der Waals surface area contributed by atoms with E-state index in [-0.39, 0.29) is 5.41 Å². The lowest BCUT2D eigenvalue weighted by Gasteiger charge is -2.33. The van der Waals surface area contributed by atoms with Crippen LogP contribution >= 0.6 is 0 Å². The van der Waals surface area contributed by atoms with E-state index in [1.807, 2.05) is 0 Å². The summed E-state index contributed by atoms with van der Waals surface area (Å²) in [5, 5.41) is 3.70. The van der Waals surface area contributed by atoms with Crippen LogP contribution in [0.2, 0.25) is 0 Å². The molecule has 2 rings (SSSR count). The fourth-order valence-corrected chi connectivity index (χ4v) is 2.58. The number of benzene rings is 1. The fraction of sp³-hybridized carbons (Fsp3) is 0.625. The average Bonchev–Trinajstić information content (AvgIpc) is 3.25. The first-order valence-electron chi connectivity index (χ1n) is 7.12. The fourth-order valence-electron chi connectivity index (χ4n) is 2.58. The molecule has 0 bridgehead atoms. The van der Waals surface area contributed by atoms with Crippen LogP contribution in [0.5, 0.6) is 5.75 Å². The number of ether oxygens (including phenoxy) is 1. The van der Waals surface area contributed by atoms with Crippen molar-refractivity contribution in [1.82, 2.24) is 5.32 Å². The quantitative estimate of drug-likeness (QED) is 0.796. The molecule has 1 aliphatic rings. The van der Waals surface area contributed by atoms with Crippen molar-refractivity contribution < 1.29 is 4.74 Å². The second-order valence-corrected chi connectivity index (χ2v) is 5.37. The summed E-state index contributed by atoms with van der Waals surface area (Å²) in [6.07, 6.45) is 5.06. The summed E-state index contributed by atoms with van der Waals surface area (Å²) in [6.45, 7) is 5.68. The third-order valence-electron chi connectivity index (χ3n) is 4.36. The van der Waals surface area contributed by atoms with Crippen molar-refractivity contribution in [2.45, 2.75) is 51.0 Å². The molecule has 0 saturated heterocycles. The highest BCUT2D eigenvalue weighted by Crippen LogP contribution is 2.33. The van der Waals surface area contributed by atoms with Crippen molar-refractivity contribution in [2.24, 2.45) is 0 Å². The van der Waals surface area contributed by atoms with Gasteiger partial charge in [-0.25, -0.2) is 0 Å². The normalized spacial score (nSPS) is 15.7. The molecule has 100 valence electrons. The zero-order valence-corrected chi connectivity index (χ0v) is 11.8. The largest absolute Gasteiger partial charge is 0.497 e. The molecule has 0 atom stereocenters. The molecule has 0 spiro atoms. The molecule has 0 amide bonds. The lowest BCUT2D eigenvalue weighted by atomic mass is 9.75. The molecule has 0 unspecified atom stereocenters. The van der Waals surface area contributed by atoms with Gasteiger partial charge in [-0.05, 0) is 43.4 Å². The predicted octanol–water partition coefficient (Wildman–Crippen LogP) is 3.51. The first-order valence-corrected chi connectivity index (χ1v) is 7.12. The van der Waals surface area contributed by atoms with Crippen LogP contribution in [0.3, 0.4) is 0 Å². The number of nitrogens with one attached hydrogen (secondary N) is 1. The van der Waals surface area contributed by atoms with E-state index < -0.39 is 0 Å². The van der Waals surface area contributed by atoms with Crippen LogP contribution in [0.4, 0.5) is 0 Å². The van der Waals surface area contributed by atoms with Crippen molar-refractivity contribution in [3.63, 3.8) is 0 Å². The second-order valence-electron chi connectivity index (χ2n) is 5.37. The van der Waals surface area contributed by atoms with Gasteiger partial charge in [-0.1, -0.05) is 26.0 Å². The third-order valence-corrected chi connectivity index (χ3v) is 4.36. The topological polar surface area (TPSA) is 21.3 Å². The molecule has 2 heteroatoms. The Labute approximate surface area is 111 Å². The molecular weight excluding hydrogens is 222 g/mol. The van der Waals surface area contributed by atoms with Gasteiger partial charge < -0.3 is 10.1 Å². The lowest BCUT2D eigenvalue weighted by molar-refractivity contribution is 0.365. The van der Waals surface area contributed by atoms with E-state index >= 15 is 0 Å². The monoisotopic (exact) mass is 247 g/mol. The Bertz CT molecular complexity index is 363. The number of rotatable bonds is 7. The molecule has 1 saturated carbocycles. The van der Waals surface area contributed by atoms with Crippen LogP contribution in [0.25, 0.3) is 0 Å². The number of methoxy groups -OCH3 is 1. The molecule has 1 aromatic carbocycles. The van der Waals surface area contributed by atoms with Gasteiger partial charge in [0.15, 0.2) is 0 Å². The highest BCUT2D eigenvalue weighted by Gasteiger charge is 2.31. The van der Waals surface area contributed by atoms with Gasteiger partial charge in [0.25, 0.3) is 0 Å². The highest BCUT2D eigenvalue weighted by molar-refractivity contribution is 5.32. The molecule has 1 fully saturated rings. The molecule has 1 N–H and O–H groups in total. The van der Waals surface area contributed by atoms with E-state index in [1.54, 1.807) is 7.11 Å². The van der Waals surface area contributed by atoms with Crippen molar-refractivity contribution in [3.8, 4) is 5.75 Å². The van der Waals surface area contributed by atoms with E-state index in [4.69, 9.17) is 4.74 Å². The maximum absolute atomic E-state index is 5.24. The maximum Gasteiger partial charge on any atom is 0.118 e. The van der Waals surface area contributed by atoms with Crippen LogP contribution in [0.1, 0.15) is 45.1 Å². The van der Waals surface area contributed by atoms with Crippen LogP contribution < -0.4 is 10.1 Å². The van der Waals surface area contributed by atoms with Gasteiger partial charge in [0.2, 0.25) is 0 Å². The number of hydrogen-bond donors (Lipinski definition) is 1. The minimum Gasteiger partial charge on any atom is -0.497 e. The molecule has 0 aliphatic heterocycles. The van der Waals surface area contributed by atoms with E-state index in [2.05, 4.69) is 43.4 Å². The van der Waals surface area contributed by atoms with Gasteiger partial charge in [-0.3, -0.25) is 0 Å². The van der Waals surface area contributed by atoms with Crippen LogP contribution in [0, 0.1) is 0 Å². The third kappa shape index (κ3) is 2.86. The summed E-state index contributed by atoms with van der Waals surface area (Å²) in [7, 11) is 1.72. The predicted molar refractivity (Wildman–Crippen MR) is 76.3 cm³/mol. The molecule has 1 aromatic rings. The Hall–Kier alpha value is -1.02. The lowest BCUT2D eigenvalue weighted by Crippen LogP contribution is -2.38. The average molecular weight is 247 g/mol. The van der Waals surface area contributed by atoms with E-state index in [0.29, 0.717) is 0 Å². The molecule has 0 heterocycles. The van der Waals surface area contributed by atoms with Crippen molar-refractivity contribution >= 4 is 0 Å². The Kier molecular flexibility index (Phi) is 4.28. The van der Waals surface area contributed by atoms with Crippen molar-refractivity contribution in [1.29, 1.82) is 0 Å². The van der Waals surface area contributed by atoms with Gasteiger partial charge in [0.1, 0.15) is 5.75 Å². The van der Waals surface area contributed by atoms with E-state index in [1.165, 1.54) is 31.2 Å². The summed E-state index contributed by atoms with van der Waals surface area (Å²) in [5.74, 6) is 0.940. The van der Waals surface area contributed by atoms with Gasteiger partial charge in [0.05, 0.1) is 7.11 Å². The maximum atomic E-state index is 5.24. The van der Waals surface area contributed by atoms with Gasteiger partial charge in [0, 0.05) is 18.0 Å². The van der Waals surface area contributed by atoms with Gasteiger partial charge in [-0.2, -0.15) is 0 Å². The Morgan fingerprint density at radius 2 is 1.78 bits per heavy atom. The molecule has 0 radical (unpaired) electrons. The molecule has 2 nitrogen and oxygen atoms in total. The first-order chi connectivity index (χ1) is 8.74. The minimum absolute atomic E-state index is 0.273. The zero-order valence-electron chi connectivity index (χ0n) is 11.8. The molecule has 0 aromatic heterocycles. The SMILES string of the molecule is CCC(CC)(CNC1CC1)c1ccc(OC)cc1. The zero-order chi connectivity index (χ0) is 13.0. The van der Waals surface area contributed by atoms with Gasteiger partial charge >= 0.3 is 0 Å². The van der Waals surface area contributed by atoms with Crippen molar-refractivity contribution in [3.05, 3.63) is 29.8 Å². The van der Waals surface area contributed by atoms with Crippen molar-refractivity contribution in [2.75, 3.05) is 13.7 Å². The summed E-state index contributed by atoms with van der Waals surface area (Å²) < 4.78 is 5.24. The summed E-state index contributed by atoms with van der Waals surface area (Å²) in [5.41, 5.74) is 1.70. The van der Waals surface area contributed by atoms with Crippen LogP contribution in [0.15, 0.2) is 24.3 Å². The first kappa shape index (κ1) is 13.4. The number of hydrogen-bond acceptors (Lipinski definition) is 2. The summed E-state index contributed by atoms with van der Waals surface area (Å²) in [4.78, 5) is 0. The van der Waals surface area contributed by atoms with Gasteiger partial charge in [-0.15, -0.1) is 0 Å². The minimum atomic E-state index is 0.273. The smallest absolute Gasteiger partial charge is 0.118 e. The Balaban J connectivity index is 2.14. The van der Waals surface area contributed by atoms with Crippen LogP contribution in [-0.4, -0.2) is 19.7 Å². The van der Waals surface area contributed by atoms with Crippen LogP contribution in [-0.2, 0) is 5.41 Å². The summed E-state index contributed by atoms with van der Waals surface area (Å²) in [6, 6.07) is 9.38.